The van der Waals surface area contributed by atoms with E-state index in [-0.39, 0.29) is 6.10 Å². The van der Waals surface area contributed by atoms with Crippen LogP contribution in [0.3, 0.4) is 0 Å². The third-order valence-electron chi connectivity index (χ3n) is 5.56. The molecule has 0 bridgehead atoms. The van der Waals surface area contributed by atoms with Crippen molar-refractivity contribution in [3.8, 4) is 12.0 Å². The zero-order valence-corrected chi connectivity index (χ0v) is 18.2. The van der Waals surface area contributed by atoms with Crippen molar-refractivity contribution in [2.24, 2.45) is 0 Å². The van der Waals surface area contributed by atoms with Gasteiger partial charge in [-0.3, -0.25) is 4.57 Å². The van der Waals surface area contributed by atoms with Crippen LogP contribution in [-0.4, -0.2) is 57.3 Å². The number of anilines is 1. The molecule has 29 heavy (non-hydrogen) atoms. The minimum absolute atomic E-state index is 0.0462. The van der Waals surface area contributed by atoms with Crippen LogP contribution >= 0.6 is 0 Å². The predicted molar refractivity (Wildman–Crippen MR) is 115 cm³/mol. The summed E-state index contributed by atoms with van der Waals surface area (Å²) in [6, 6.07) is 0.834. The number of nitrogens with zero attached hydrogens (tertiary/aromatic N) is 5. The van der Waals surface area contributed by atoms with E-state index in [0.717, 1.165) is 32.2 Å². The minimum atomic E-state index is 0.0462. The molecular weight excluding hydrogens is 368 g/mol. The number of piperidine rings is 1. The smallest absolute Gasteiger partial charge is 0.320 e. The fourth-order valence-electron chi connectivity index (χ4n) is 4.00. The van der Waals surface area contributed by atoms with E-state index in [1.165, 1.54) is 45.3 Å². The van der Waals surface area contributed by atoms with E-state index in [2.05, 4.69) is 26.8 Å². The summed E-state index contributed by atoms with van der Waals surface area (Å²) in [6.07, 6.45) is 9.54. The second-order valence-electron chi connectivity index (χ2n) is 7.99. The molecule has 0 aromatic carbocycles. The number of aryl methyl sites for hydroxylation is 1. The summed E-state index contributed by atoms with van der Waals surface area (Å²) in [5.74, 6) is 0.329. The van der Waals surface area contributed by atoms with Gasteiger partial charge in [0.2, 0.25) is 0 Å². The highest BCUT2D eigenvalue weighted by Gasteiger charge is 2.18. The Labute approximate surface area is 173 Å². The molecule has 0 saturated carbocycles. The van der Waals surface area contributed by atoms with E-state index in [1.807, 2.05) is 11.5 Å². The molecule has 0 spiro atoms. The van der Waals surface area contributed by atoms with Gasteiger partial charge in [0.25, 0.3) is 6.01 Å². The maximum Gasteiger partial charge on any atom is 0.320 e. The number of aromatic nitrogens is 4. The van der Waals surface area contributed by atoms with Crippen LogP contribution in [0.1, 0.15) is 65.2 Å². The Morgan fingerprint density at radius 1 is 1.03 bits per heavy atom. The van der Waals surface area contributed by atoms with Crippen molar-refractivity contribution in [2.75, 3.05) is 32.5 Å². The molecule has 2 N–H and O–H groups in total. The first-order valence-electron chi connectivity index (χ1n) is 11.1. The third kappa shape index (κ3) is 5.72. The number of nitrogens with two attached hydrogens (primary N) is 1. The Bertz CT molecular complexity index is 772. The zero-order chi connectivity index (χ0) is 20.6. The number of ether oxygens (including phenoxy) is 2. The summed E-state index contributed by atoms with van der Waals surface area (Å²) >= 11 is 0. The van der Waals surface area contributed by atoms with Gasteiger partial charge >= 0.3 is 6.01 Å². The Morgan fingerprint density at radius 3 is 2.52 bits per heavy atom. The Hall–Kier alpha value is -2.09. The molecule has 162 valence electrons. The molecule has 2 aromatic rings. The van der Waals surface area contributed by atoms with Gasteiger partial charge in [-0.05, 0) is 58.7 Å². The second-order valence-corrected chi connectivity index (χ2v) is 7.99. The molecule has 3 heterocycles. The number of unbranched alkanes of at least 4 members (excludes halogenated alkanes) is 2. The quantitative estimate of drug-likeness (QED) is 0.572. The van der Waals surface area contributed by atoms with Crippen molar-refractivity contribution in [1.29, 1.82) is 0 Å². The fraction of sp³-hybridized carbons (Fsp3) is 0.762. The minimum Gasteiger partial charge on any atom is -0.468 e. The molecule has 1 unspecified atom stereocenters. The molecule has 1 aliphatic rings. The van der Waals surface area contributed by atoms with Gasteiger partial charge in [0.1, 0.15) is 0 Å². The van der Waals surface area contributed by atoms with Crippen LogP contribution in [0.2, 0.25) is 0 Å². The number of fused-ring (bicyclic) bond motifs is 1. The molecule has 1 saturated heterocycles. The average molecular weight is 405 g/mol. The highest BCUT2D eigenvalue weighted by molar-refractivity contribution is 5.83. The second kappa shape index (κ2) is 10.6. The highest BCUT2D eigenvalue weighted by atomic mass is 16.5. The van der Waals surface area contributed by atoms with Crippen LogP contribution < -0.4 is 15.2 Å². The van der Waals surface area contributed by atoms with Crippen molar-refractivity contribution in [2.45, 2.75) is 77.9 Å². The molecule has 1 atom stereocenters. The first kappa shape index (κ1) is 21.6. The van der Waals surface area contributed by atoms with Crippen LogP contribution in [0.5, 0.6) is 12.0 Å². The third-order valence-corrected chi connectivity index (χ3v) is 5.56. The lowest BCUT2D eigenvalue weighted by Gasteiger charge is -2.26. The molecule has 8 nitrogen and oxygen atoms in total. The molecule has 1 aliphatic heterocycles. The van der Waals surface area contributed by atoms with E-state index < -0.39 is 0 Å². The first-order valence-corrected chi connectivity index (χ1v) is 11.1. The van der Waals surface area contributed by atoms with Crippen molar-refractivity contribution in [3.63, 3.8) is 0 Å². The topological polar surface area (TPSA) is 91.3 Å². The lowest BCUT2D eigenvalue weighted by atomic mass is 10.1. The van der Waals surface area contributed by atoms with E-state index >= 15 is 0 Å². The van der Waals surface area contributed by atoms with Crippen molar-refractivity contribution in [1.82, 2.24) is 24.4 Å². The van der Waals surface area contributed by atoms with E-state index in [1.54, 1.807) is 7.11 Å². The van der Waals surface area contributed by atoms with Crippen molar-refractivity contribution < 1.29 is 9.47 Å². The summed E-state index contributed by atoms with van der Waals surface area (Å²) in [7, 11) is 1.62. The van der Waals surface area contributed by atoms with Crippen LogP contribution in [0, 0.1) is 0 Å². The predicted octanol–water partition coefficient (Wildman–Crippen LogP) is 3.64. The first-order chi connectivity index (χ1) is 14.1. The van der Waals surface area contributed by atoms with Gasteiger partial charge in [0, 0.05) is 6.54 Å². The zero-order valence-electron chi connectivity index (χ0n) is 18.2. The lowest BCUT2D eigenvalue weighted by Crippen LogP contribution is -2.30. The number of hydrogen-bond acceptors (Lipinski definition) is 7. The summed E-state index contributed by atoms with van der Waals surface area (Å²) in [5.41, 5.74) is 7.39. The van der Waals surface area contributed by atoms with Crippen LogP contribution in [0.25, 0.3) is 11.2 Å². The Morgan fingerprint density at radius 2 is 1.79 bits per heavy atom. The van der Waals surface area contributed by atoms with Crippen LogP contribution in [0.4, 0.5) is 5.82 Å². The van der Waals surface area contributed by atoms with Crippen LogP contribution in [-0.2, 0) is 6.54 Å². The van der Waals surface area contributed by atoms with Gasteiger partial charge < -0.3 is 20.1 Å². The Kier molecular flexibility index (Phi) is 7.91. The molecule has 3 rings (SSSR count). The SMILES string of the molecule is CCCC(C)Oc1nc(N)c2nc(OC)n(CCCCCN3CCCCC3)c2n1. The van der Waals surface area contributed by atoms with Gasteiger partial charge in [-0.2, -0.15) is 15.0 Å². The molecule has 8 heteroatoms. The summed E-state index contributed by atoms with van der Waals surface area (Å²) in [5, 5.41) is 0. The van der Waals surface area contributed by atoms with Crippen molar-refractivity contribution in [3.05, 3.63) is 0 Å². The lowest BCUT2D eigenvalue weighted by molar-refractivity contribution is 0.193. The van der Waals surface area contributed by atoms with Gasteiger partial charge in [-0.15, -0.1) is 0 Å². The highest BCUT2D eigenvalue weighted by Crippen LogP contribution is 2.26. The summed E-state index contributed by atoms with van der Waals surface area (Å²) in [6.45, 7) is 8.66. The summed E-state index contributed by atoms with van der Waals surface area (Å²) < 4.78 is 13.3. The van der Waals surface area contributed by atoms with Gasteiger partial charge in [-0.25, -0.2) is 0 Å². The number of methoxy groups -OCH3 is 1. The van der Waals surface area contributed by atoms with Gasteiger partial charge in [-0.1, -0.05) is 26.2 Å². The molecule has 2 aromatic heterocycles. The van der Waals surface area contributed by atoms with E-state index in [9.17, 15) is 0 Å². The Balaban J connectivity index is 1.64. The van der Waals surface area contributed by atoms with E-state index in [4.69, 9.17) is 15.2 Å². The molecular formula is C21H36N6O2. The average Bonchev–Trinajstić information content (AvgIpc) is 3.07. The molecule has 0 radical (unpaired) electrons. The number of nitrogen functional groups attached to an aromatic ring is 1. The molecule has 0 aliphatic carbocycles. The molecule has 0 amide bonds. The van der Waals surface area contributed by atoms with Gasteiger partial charge in [0.15, 0.2) is 17.0 Å². The number of hydrogen-bond donors (Lipinski definition) is 1. The number of likely N-dealkylation sites (tertiary alicyclic amines) is 1. The maximum absolute atomic E-state index is 6.13. The number of imidazole rings is 1. The van der Waals surface area contributed by atoms with Gasteiger partial charge in [0.05, 0.1) is 13.2 Å². The van der Waals surface area contributed by atoms with Crippen molar-refractivity contribution >= 4 is 17.0 Å². The van der Waals surface area contributed by atoms with E-state index in [0.29, 0.717) is 29.0 Å². The number of rotatable bonds is 11. The largest absolute Gasteiger partial charge is 0.468 e. The standard InChI is InChI=1S/C21H36N6O2/c1-4-11-16(2)29-20-24-18(22)17-19(25-20)27(21(23-17)28-3)15-10-6-9-14-26-12-7-5-8-13-26/h16H,4-15H2,1-3H3,(H2,22,24,25). The normalized spacial score (nSPS) is 16.2. The monoisotopic (exact) mass is 404 g/mol. The molecule has 1 fully saturated rings. The maximum atomic E-state index is 6.13. The summed E-state index contributed by atoms with van der Waals surface area (Å²) in [4.78, 5) is 16.0. The van der Waals surface area contributed by atoms with Crippen LogP contribution in [0.15, 0.2) is 0 Å². The fourth-order valence-corrected chi connectivity index (χ4v) is 4.00.